The molecule has 55 heavy (non-hydrogen) atoms. The van der Waals surface area contributed by atoms with Gasteiger partial charge in [0.15, 0.2) is 0 Å². The molecular formula is C48H94N2O5. The first-order chi connectivity index (χ1) is 26.7. The van der Waals surface area contributed by atoms with Gasteiger partial charge in [0.05, 0.1) is 13.2 Å². The first-order valence-electron chi connectivity index (χ1n) is 24.0. The first-order valence-corrected chi connectivity index (χ1v) is 24.0. The molecule has 1 atom stereocenters. The number of carbonyl (C=O) groups is 3. The maximum atomic E-state index is 12.7. The minimum Gasteiger partial charge on any atom is -0.466 e. The molecule has 0 spiro atoms. The van der Waals surface area contributed by atoms with Crippen molar-refractivity contribution >= 4 is 17.8 Å². The summed E-state index contributed by atoms with van der Waals surface area (Å²) in [5, 5.41) is 3.33. The Hall–Kier alpha value is -1.63. The lowest BCUT2D eigenvalue weighted by atomic mass is 9.92. The number of esters is 2. The van der Waals surface area contributed by atoms with Crippen LogP contribution in [0.4, 0.5) is 0 Å². The Morgan fingerprint density at radius 1 is 0.436 bits per heavy atom. The van der Waals surface area contributed by atoms with Gasteiger partial charge in [0.2, 0.25) is 5.91 Å². The fraction of sp³-hybridized carbons (Fsp3) is 0.938. The molecule has 1 N–H and O–H groups in total. The number of nitrogens with one attached hydrogen (secondary N) is 1. The van der Waals surface area contributed by atoms with Crippen LogP contribution in [0.3, 0.4) is 0 Å². The van der Waals surface area contributed by atoms with Crippen molar-refractivity contribution in [3.05, 3.63) is 0 Å². The summed E-state index contributed by atoms with van der Waals surface area (Å²) in [6, 6.07) is 0.217. The molecule has 7 heteroatoms. The minimum atomic E-state index is -0.0403. The Balaban J connectivity index is 4.29. The third kappa shape index (κ3) is 37.7. The van der Waals surface area contributed by atoms with E-state index in [1.807, 2.05) is 14.1 Å². The van der Waals surface area contributed by atoms with E-state index in [0.29, 0.717) is 44.3 Å². The van der Waals surface area contributed by atoms with Crippen LogP contribution >= 0.6 is 0 Å². The Kier molecular flexibility index (Phi) is 39.4. The van der Waals surface area contributed by atoms with Gasteiger partial charge in [-0.25, -0.2) is 0 Å². The van der Waals surface area contributed by atoms with E-state index in [-0.39, 0.29) is 23.9 Å². The van der Waals surface area contributed by atoms with Crippen LogP contribution in [-0.2, 0) is 23.9 Å². The van der Waals surface area contributed by atoms with Crippen LogP contribution in [0.25, 0.3) is 0 Å². The van der Waals surface area contributed by atoms with Crippen molar-refractivity contribution < 1.29 is 23.9 Å². The fourth-order valence-electron chi connectivity index (χ4n) is 7.72. The molecule has 0 bridgehead atoms. The molecule has 326 valence electrons. The number of hydrogen-bond acceptors (Lipinski definition) is 6. The topological polar surface area (TPSA) is 84.9 Å². The molecule has 1 unspecified atom stereocenters. The van der Waals surface area contributed by atoms with Gasteiger partial charge in [-0.15, -0.1) is 0 Å². The highest BCUT2D eigenvalue weighted by Crippen LogP contribution is 2.23. The van der Waals surface area contributed by atoms with E-state index in [1.54, 1.807) is 0 Å². The van der Waals surface area contributed by atoms with Crippen LogP contribution in [0.1, 0.15) is 240 Å². The average Bonchev–Trinajstić information content (AvgIpc) is 3.16. The maximum Gasteiger partial charge on any atom is 0.305 e. The van der Waals surface area contributed by atoms with Gasteiger partial charge in [-0.2, -0.15) is 0 Å². The Labute approximate surface area is 342 Å². The highest BCUT2D eigenvalue weighted by Gasteiger charge is 2.14. The van der Waals surface area contributed by atoms with Crippen LogP contribution in [0.15, 0.2) is 0 Å². The first kappa shape index (κ1) is 53.4. The number of rotatable bonds is 42. The summed E-state index contributed by atoms with van der Waals surface area (Å²) in [6.07, 6.45) is 36.8. The van der Waals surface area contributed by atoms with Crippen molar-refractivity contribution in [2.75, 3.05) is 33.9 Å². The van der Waals surface area contributed by atoms with Crippen molar-refractivity contribution in [2.24, 2.45) is 11.8 Å². The zero-order chi connectivity index (χ0) is 40.6. The molecule has 1 amide bonds. The molecule has 0 aliphatic carbocycles. The largest absolute Gasteiger partial charge is 0.466 e. The highest BCUT2D eigenvalue weighted by molar-refractivity contribution is 5.76. The SMILES string of the molecule is CCCCCC(CCCCC)CCOC(=O)CCCCCCCCC(CCCCCCC(=O)OCCC(CCCCC)CCCCC)NC(=O)CCN(C)C. The second-order valence-electron chi connectivity index (χ2n) is 17.2. The normalized spacial score (nSPS) is 12.2. The van der Waals surface area contributed by atoms with Gasteiger partial charge in [0.25, 0.3) is 0 Å². The van der Waals surface area contributed by atoms with Crippen molar-refractivity contribution in [2.45, 2.75) is 246 Å². The van der Waals surface area contributed by atoms with Gasteiger partial charge in [-0.3, -0.25) is 14.4 Å². The monoisotopic (exact) mass is 779 g/mol. The predicted molar refractivity (Wildman–Crippen MR) is 234 cm³/mol. The van der Waals surface area contributed by atoms with Crippen LogP contribution in [0.2, 0.25) is 0 Å². The molecule has 0 aromatic carbocycles. The molecule has 0 saturated carbocycles. The minimum absolute atomic E-state index is 0.0247. The smallest absolute Gasteiger partial charge is 0.305 e. The lowest BCUT2D eigenvalue weighted by molar-refractivity contribution is -0.145. The number of unbranched alkanes of at least 4 members (excludes halogenated alkanes) is 16. The lowest BCUT2D eigenvalue weighted by Gasteiger charge is -2.20. The van der Waals surface area contributed by atoms with E-state index in [2.05, 4.69) is 37.9 Å². The quantitative estimate of drug-likeness (QED) is 0.0491. The van der Waals surface area contributed by atoms with Crippen molar-refractivity contribution in [3.63, 3.8) is 0 Å². The Bertz CT molecular complexity index is 845. The third-order valence-electron chi connectivity index (χ3n) is 11.5. The number of nitrogens with zero attached hydrogens (tertiary/aromatic N) is 1. The van der Waals surface area contributed by atoms with Gasteiger partial charge < -0.3 is 19.7 Å². The zero-order valence-corrected chi connectivity index (χ0v) is 37.7. The van der Waals surface area contributed by atoms with Gasteiger partial charge in [0.1, 0.15) is 0 Å². The van der Waals surface area contributed by atoms with Crippen molar-refractivity contribution in [1.29, 1.82) is 0 Å². The fourth-order valence-corrected chi connectivity index (χ4v) is 7.72. The standard InChI is InChI=1S/C48H94N2O5/c1-7-11-21-29-43(30-22-12-8-2)38-41-54-47(52)35-27-18-16-15-17-25-33-45(49-46(51)37-40-50(5)6)34-26-19-20-28-36-48(53)55-42-39-44(31-23-13-9-3)32-24-14-10-4/h43-45H,7-42H2,1-6H3,(H,49,51). The molecule has 0 aliphatic rings. The molecule has 0 radical (unpaired) electrons. The Morgan fingerprint density at radius 2 is 0.782 bits per heavy atom. The van der Waals surface area contributed by atoms with E-state index in [0.717, 1.165) is 90.0 Å². The molecule has 0 rings (SSSR count). The maximum absolute atomic E-state index is 12.7. The number of ether oxygens (including phenoxy) is 2. The molecule has 7 nitrogen and oxygen atoms in total. The van der Waals surface area contributed by atoms with E-state index in [4.69, 9.17) is 9.47 Å². The van der Waals surface area contributed by atoms with E-state index < -0.39 is 0 Å². The summed E-state index contributed by atoms with van der Waals surface area (Å²) in [7, 11) is 4.01. The number of hydrogen-bond donors (Lipinski definition) is 1. The van der Waals surface area contributed by atoms with Gasteiger partial charge in [-0.1, -0.05) is 182 Å². The van der Waals surface area contributed by atoms with Crippen LogP contribution in [-0.4, -0.2) is 62.6 Å². The molecule has 0 heterocycles. The molecule has 0 aromatic heterocycles. The summed E-state index contributed by atoms with van der Waals surface area (Å²) in [5.41, 5.74) is 0. The Morgan fingerprint density at radius 3 is 1.15 bits per heavy atom. The van der Waals surface area contributed by atoms with Gasteiger partial charge in [0, 0.05) is 31.8 Å². The summed E-state index contributed by atoms with van der Waals surface area (Å²) >= 11 is 0. The highest BCUT2D eigenvalue weighted by atomic mass is 16.5. The van der Waals surface area contributed by atoms with Crippen LogP contribution < -0.4 is 5.32 Å². The van der Waals surface area contributed by atoms with Crippen molar-refractivity contribution in [1.82, 2.24) is 10.2 Å². The van der Waals surface area contributed by atoms with E-state index >= 15 is 0 Å². The molecule has 0 saturated heterocycles. The lowest BCUT2D eigenvalue weighted by Crippen LogP contribution is -2.36. The second-order valence-corrected chi connectivity index (χ2v) is 17.2. The van der Waals surface area contributed by atoms with E-state index in [9.17, 15) is 14.4 Å². The third-order valence-corrected chi connectivity index (χ3v) is 11.5. The number of amides is 1. The van der Waals surface area contributed by atoms with E-state index in [1.165, 1.54) is 109 Å². The number of carbonyl (C=O) groups excluding carboxylic acids is 3. The van der Waals surface area contributed by atoms with Crippen molar-refractivity contribution in [3.8, 4) is 0 Å². The summed E-state index contributed by atoms with van der Waals surface area (Å²) in [5.74, 6) is 1.48. The second kappa shape index (κ2) is 40.6. The predicted octanol–water partition coefficient (Wildman–Crippen LogP) is 13.3. The molecule has 0 aliphatic heterocycles. The summed E-state index contributed by atoms with van der Waals surface area (Å²) < 4.78 is 11.3. The van der Waals surface area contributed by atoms with Gasteiger partial charge in [-0.05, 0) is 64.5 Å². The molecule has 0 aromatic rings. The molecule has 0 fully saturated rings. The summed E-state index contributed by atoms with van der Waals surface area (Å²) in [4.78, 5) is 39.5. The van der Waals surface area contributed by atoms with Crippen LogP contribution in [0, 0.1) is 11.8 Å². The summed E-state index contributed by atoms with van der Waals surface area (Å²) in [6.45, 7) is 11.0. The average molecular weight is 779 g/mol. The molecular weight excluding hydrogens is 685 g/mol. The van der Waals surface area contributed by atoms with Gasteiger partial charge >= 0.3 is 11.9 Å². The zero-order valence-electron chi connectivity index (χ0n) is 37.7. The van der Waals surface area contributed by atoms with Crippen LogP contribution in [0.5, 0.6) is 0 Å².